The number of para-hydroxylation sites is 1. The number of anilines is 2. The van der Waals surface area contributed by atoms with Crippen LogP contribution in [0.1, 0.15) is 23.1 Å². The summed E-state index contributed by atoms with van der Waals surface area (Å²) in [6, 6.07) is 36.1. The van der Waals surface area contributed by atoms with Crippen molar-refractivity contribution >= 4 is 28.6 Å². The molecular weight excluding hydrogens is 458 g/mol. The minimum atomic E-state index is -0.107. The minimum absolute atomic E-state index is 0.107. The number of carbonyl (C=O) groups excluding carboxylic acids is 1. The Balaban J connectivity index is 1.23. The molecule has 37 heavy (non-hydrogen) atoms. The summed E-state index contributed by atoms with van der Waals surface area (Å²) >= 11 is 0. The molecule has 1 amide bonds. The quantitative estimate of drug-likeness (QED) is 0.197. The Kier molecular flexibility index (Phi) is 7.63. The van der Waals surface area contributed by atoms with Crippen molar-refractivity contribution in [2.45, 2.75) is 13.0 Å². The molecule has 5 nitrogen and oxygen atoms in total. The van der Waals surface area contributed by atoms with Gasteiger partial charge in [0.15, 0.2) is 0 Å². The van der Waals surface area contributed by atoms with Gasteiger partial charge >= 0.3 is 0 Å². The molecule has 2 N–H and O–H groups in total. The summed E-state index contributed by atoms with van der Waals surface area (Å²) in [7, 11) is 2.13. The normalized spacial score (nSPS) is 13.7. The summed E-state index contributed by atoms with van der Waals surface area (Å²) in [6.07, 6.45) is 0.947. The SMILES string of the molecule is CN(CCCOc1ccc(N/C(=C2\C(=O)Nc3ccccc32)c2ccccc2)cc1)Cc1ccccc1. The molecule has 1 aliphatic rings. The minimum Gasteiger partial charge on any atom is -0.494 e. The summed E-state index contributed by atoms with van der Waals surface area (Å²) in [5, 5.41) is 6.48. The smallest absolute Gasteiger partial charge is 0.258 e. The van der Waals surface area contributed by atoms with Crippen molar-refractivity contribution in [2.24, 2.45) is 0 Å². The third-order valence-corrected chi connectivity index (χ3v) is 6.36. The summed E-state index contributed by atoms with van der Waals surface area (Å²) in [6.45, 7) is 2.55. The highest BCUT2D eigenvalue weighted by Crippen LogP contribution is 2.37. The number of hydrogen-bond donors (Lipinski definition) is 2. The maximum absolute atomic E-state index is 13.0. The van der Waals surface area contributed by atoms with E-state index in [0.29, 0.717) is 12.2 Å². The second-order valence-corrected chi connectivity index (χ2v) is 9.19. The number of hydrogen-bond acceptors (Lipinski definition) is 4. The number of rotatable bonds is 10. The van der Waals surface area contributed by atoms with Crippen molar-refractivity contribution in [1.82, 2.24) is 4.90 Å². The fourth-order valence-corrected chi connectivity index (χ4v) is 4.53. The van der Waals surface area contributed by atoms with E-state index in [1.54, 1.807) is 0 Å². The van der Waals surface area contributed by atoms with E-state index in [1.807, 2.05) is 84.9 Å². The Morgan fingerprint density at radius 2 is 1.51 bits per heavy atom. The van der Waals surface area contributed by atoms with Crippen molar-refractivity contribution in [1.29, 1.82) is 0 Å². The van der Waals surface area contributed by atoms with Crippen LogP contribution in [-0.2, 0) is 11.3 Å². The Hall–Kier alpha value is -4.35. The number of fused-ring (bicyclic) bond motifs is 1. The van der Waals surface area contributed by atoms with Crippen molar-refractivity contribution in [2.75, 3.05) is 30.8 Å². The molecule has 4 aromatic rings. The van der Waals surface area contributed by atoms with Gasteiger partial charge in [0.2, 0.25) is 0 Å². The second-order valence-electron chi connectivity index (χ2n) is 9.19. The van der Waals surface area contributed by atoms with Crippen LogP contribution in [0.4, 0.5) is 11.4 Å². The maximum atomic E-state index is 13.0. The molecule has 1 aliphatic heterocycles. The van der Waals surface area contributed by atoms with E-state index in [9.17, 15) is 4.79 Å². The van der Waals surface area contributed by atoms with Gasteiger partial charge in [0, 0.05) is 30.0 Å². The highest BCUT2D eigenvalue weighted by molar-refractivity contribution is 6.37. The van der Waals surface area contributed by atoms with Gasteiger partial charge in [0.05, 0.1) is 17.9 Å². The molecule has 0 bridgehead atoms. The Labute approximate surface area is 218 Å². The number of nitrogens with one attached hydrogen (secondary N) is 2. The summed E-state index contributed by atoms with van der Waals surface area (Å²) in [5.41, 5.74) is 6.30. The molecule has 0 aromatic heterocycles. The number of ether oxygens (including phenoxy) is 1. The van der Waals surface area contributed by atoms with Gasteiger partial charge in [-0.25, -0.2) is 0 Å². The van der Waals surface area contributed by atoms with Gasteiger partial charge in [-0.15, -0.1) is 0 Å². The number of carbonyl (C=O) groups is 1. The highest BCUT2D eigenvalue weighted by Gasteiger charge is 2.28. The zero-order chi connectivity index (χ0) is 25.5. The van der Waals surface area contributed by atoms with Crippen LogP contribution in [-0.4, -0.2) is 31.0 Å². The molecule has 0 saturated heterocycles. The van der Waals surface area contributed by atoms with Crippen LogP contribution >= 0.6 is 0 Å². The number of nitrogens with zero attached hydrogens (tertiary/aromatic N) is 1. The van der Waals surface area contributed by atoms with Crippen LogP contribution in [0.3, 0.4) is 0 Å². The van der Waals surface area contributed by atoms with Gasteiger partial charge in [-0.3, -0.25) is 4.79 Å². The first-order valence-electron chi connectivity index (χ1n) is 12.6. The monoisotopic (exact) mass is 489 g/mol. The lowest BCUT2D eigenvalue weighted by atomic mass is 10.00. The summed E-state index contributed by atoms with van der Waals surface area (Å²) in [5.74, 6) is 0.721. The molecule has 186 valence electrons. The lowest BCUT2D eigenvalue weighted by molar-refractivity contribution is -0.110. The molecular formula is C32H31N3O2. The predicted octanol–water partition coefficient (Wildman–Crippen LogP) is 6.52. The Morgan fingerprint density at radius 1 is 0.838 bits per heavy atom. The van der Waals surface area contributed by atoms with Crippen molar-refractivity contribution in [3.05, 3.63) is 126 Å². The molecule has 5 heteroatoms. The van der Waals surface area contributed by atoms with Crippen molar-refractivity contribution in [3.8, 4) is 5.75 Å². The summed E-state index contributed by atoms with van der Waals surface area (Å²) < 4.78 is 5.98. The third-order valence-electron chi connectivity index (χ3n) is 6.36. The first-order chi connectivity index (χ1) is 18.2. The fourth-order valence-electron chi connectivity index (χ4n) is 4.53. The number of benzene rings is 4. The molecule has 0 unspecified atom stereocenters. The lowest BCUT2D eigenvalue weighted by Crippen LogP contribution is -2.20. The van der Waals surface area contributed by atoms with E-state index >= 15 is 0 Å². The van der Waals surface area contributed by atoms with Crippen LogP contribution < -0.4 is 15.4 Å². The highest BCUT2D eigenvalue weighted by atomic mass is 16.5. The van der Waals surface area contributed by atoms with Gasteiger partial charge in [0.25, 0.3) is 5.91 Å². The first-order valence-corrected chi connectivity index (χ1v) is 12.6. The van der Waals surface area contributed by atoms with Crippen molar-refractivity contribution < 1.29 is 9.53 Å². The average Bonchev–Trinajstić information content (AvgIpc) is 3.27. The molecule has 0 saturated carbocycles. The number of amides is 1. The Morgan fingerprint density at radius 3 is 2.27 bits per heavy atom. The summed E-state index contributed by atoms with van der Waals surface area (Å²) in [4.78, 5) is 15.3. The maximum Gasteiger partial charge on any atom is 0.258 e. The average molecular weight is 490 g/mol. The molecule has 0 radical (unpaired) electrons. The standard InChI is InChI=1S/C32H31N3O2/c1-35(23-24-11-4-2-5-12-24)21-10-22-37-27-19-17-26(18-20-27)33-31(25-13-6-3-7-14-25)30-28-15-8-9-16-29(28)34-32(30)36/h2-9,11-20,33H,10,21-23H2,1H3,(H,34,36)/b31-30-. The second kappa shape index (κ2) is 11.6. The van der Waals surface area contributed by atoms with Crippen LogP contribution in [0.5, 0.6) is 5.75 Å². The molecule has 0 fully saturated rings. The van der Waals surface area contributed by atoms with E-state index < -0.39 is 0 Å². The fraction of sp³-hybridized carbons (Fsp3) is 0.156. The third kappa shape index (κ3) is 6.08. The lowest BCUT2D eigenvalue weighted by Gasteiger charge is -2.17. The molecule has 1 heterocycles. The van der Waals surface area contributed by atoms with Gasteiger partial charge in [0.1, 0.15) is 5.75 Å². The molecule has 0 spiro atoms. The van der Waals surface area contributed by atoms with Gasteiger partial charge < -0.3 is 20.3 Å². The van der Waals surface area contributed by atoms with E-state index in [0.717, 1.165) is 53.5 Å². The van der Waals surface area contributed by atoms with Crippen molar-refractivity contribution in [3.63, 3.8) is 0 Å². The van der Waals surface area contributed by atoms with Gasteiger partial charge in [-0.1, -0.05) is 78.9 Å². The van der Waals surface area contributed by atoms with Crippen LogP contribution in [0.15, 0.2) is 109 Å². The topological polar surface area (TPSA) is 53.6 Å². The van der Waals surface area contributed by atoms with E-state index in [4.69, 9.17) is 4.74 Å². The predicted molar refractivity (Wildman–Crippen MR) is 151 cm³/mol. The van der Waals surface area contributed by atoms with Crippen LogP contribution in [0.25, 0.3) is 11.3 Å². The molecule has 4 aromatic carbocycles. The molecule has 0 aliphatic carbocycles. The van der Waals surface area contributed by atoms with Gasteiger partial charge in [-0.2, -0.15) is 0 Å². The molecule has 0 atom stereocenters. The van der Waals surface area contributed by atoms with E-state index in [2.05, 4.69) is 46.8 Å². The van der Waals surface area contributed by atoms with Gasteiger partial charge in [-0.05, 0) is 54.9 Å². The Bertz CT molecular complexity index is 1370. The van der Waals surface area contributed by atoms with E-state index in [-0.39, 0.29) is 5.91 Å². The van der Waals surface area contributed by atoms with E-state index in [1.165, 1.54) is 5.56 Å². The van der Waals surface area contributed by atoms with Crippen LogP contribution in [0, 0.1) is 0 Å². The largest absolute Gasteiger partial charge is 0.494 e. The zero-order valence-corrected chi connectivity index (χ0v) is 21.0. The van der Waals surface area contributed by atoms with Crippen LogP contribution in [0.2, 0.25) is 0 Å². The molecule has 5 rings (SSSR count). The first kappa shape index (κ1) is 24.3. The zero-order valence-electron chi connectivity index (χ0n) is 21.0.